The monoisotopic (exact) mass is 376 g/mol. The van der Waals surface area contributed by atoms with Gasteiger partial charge in [0.05, 0.1) is 0 Å². The molecule has 0 atom stereocenters. The molecule has 0 saturated heterocycles. The zero-order chi connectivity index (χ0) is 18.7. The molecule has 0 saturated carbocycles. The lowest BCUT2D eigenvalue weighted by Crippen LogP contribution is -1.89. The lowest BCUT2D eigenvalue weighted by atomic mass is 9.97. The SMILES string of the molecule is C=Cc1cc(C)c(/C=C(\CC)c2sccc2-c2ccc(C)cc2)cc1S. The van der Waals surface area contributed by atoms with Crippen molar-refractivity contribution in [2.75, 3.05) is 0 Å². The Kier molecular flexibility index (Phi) is 5.85. The fourth-order valence-electron chi connectivity index (χ4n) is 3.09. The van der Waals surface area contributed by atoms with Gasteiger partial charge in [-0.15, -0.1) is 24.0 Å². The predicted octanol–water partition coefficient (Wildman–Crippen LogP) is 7.91. The summed E-state index contributed by atoms with van der Waals surface area (Å²) in [6, 6.07) is 15.3. The van der Waals surface area contributed by atoms with Gasteiger partial charge in [0.15, 0.2) is 0 Å². The third-order valence-corrected chi connectivity index (χ3v) is 6.04. The highest BCUT2D eigenvalue weighted by Gasteiger charge is 2.11. The van der Waals surface area contributed by atoms with Crippen LogP contribution in [0.15, 0.2) is 59.3 Å². The number of hydrogen-bond donors (Lipinski definition) is 1. The van der Waals surface area contributed by atoms with Crippen LogP contribution in [0.4, 0.5) is 0 Å². The van der Waals surface area contributed by atoms with Gasteiger partial charge in [-0.3, -0.25) is 0 Å². The molecule has 0 fully saturated rings. The van der Waals surface area contributed by atoms with Gasteiger partial charge in [0.2, 0.25) is 0 Å². The van der Waals surface area contributed by atoms with Crippen LogP contribution in [0.2, 0.25) is 0 Å². The van der Waals surface area contributed by atoms with Crippen molar-refractivity contribution >= 4 is 41.7 Å². The lowest BCUT2D eigenvalue weighted by molar-refractivity contribution is 1.25. The van der Waals surface area contributed by atoms with Gasteiger partial charge in [-0.05, 0) is 71.2 Å². The first-order valence-corrected chi connectivity index (χ1v) is 10.2. The van der Waals surface area contributed by atoms with Gasteiger partial charge in [0.1, 0.15) is 0 Å². The fraction of sp³-hybridized carbons (Fsp3) is 0.167. The van der Waals surface area contributed by atoms with E-state index in [1.807, 2.05) is 17.4 Å². The Bertz CT molecular complexity index is 956. The molecule has 0 radical (unpaired) electrons. The van der Waals surface area contributed by atoms with Gasteiger partial charge >= 0.3 is 0 Å². The highest BCUT2D eigenvalue weighted by Crippen LogP contribution is 2.37. The van der Waals surface area contributed by atoms with E-state index >= 15 is 0 Å². The second-order valence-electron chi connectivity index (χ2n) is 6.52. The highest BCUT2D eigenvalue weighted by molar-refractivity contribution is 7.80. The van der Waals surface area contributed by atoms with Crippen molar-refractivity contribution in [3.63, 3.8) is 0 Å². The Balaban J connectivity index is 2.07. The highest BCUT2D eigenvalue weighted by atomic mass is 32.1. The van der Waals surface area contributed by atoms with E-state index in [2.05, 4.69) is 93.9 Å². The molecule has 0 amide bonds. The van der Waals surface area contributed by atoms with Crippen LogP contribution in [0.3, 0.4) is 0 Å². The van der Waals surface area contributed by atoms with Crippen LogP contribution in [0, 0.1) is 13.8 Å². The van der Waals surface area contributed by atoms with Crippen LogP contribution in [0.25, 0.3) is 28.9 Å². The molecule has 1 aromatic heterocycles. The molecule has 0 N–H and O–H groups in total. The molecular formula is C24H24S2. The minimum Gasteiger partial charge on any atom is -0.144 e. The summed E-state index contributed by atoms with van der Waals surface area (Å²) in [6.07, 6.45) is 5.16. The van der Waals surface area contributed by atoms with Crippen molar-refractivity contribution in [2.24, 2.45) is 0 Å². The van der Waals surface area contributed by atoms with E-state index in [4.69, 9.17) is 0 Å². The van der Waals surface area contributed by atoms with Crippen molar-refractivity contribution in [3.8, 4) is 11.1 Å². The number of thiol groups is 1. The third kappa shape index (κ3) is 3.87. The zero-order valence-electron chi connectivity index (χ0n) is 15.5. The smallest absolute Gasteiger partial charge is 0.0380 e. The Morgan fingerprint density at radius 1 is 1.08 bits per heavy atom. The molecule has 26 heavy (non-hydrogen) atoms. The number of aryl methyl sites for hydroxylation is 2. The van der Waals surface area contributed by atoms with E-state index in [1.54, 1.807) is 0 Å². The van der Waals surface area contributed by atoms with Crippen molar-refractivity contribution < 1.29 is 0 Å². The summed E-state index contributed by atoms with van der Waals surface area (Å²) >= 11 is 6.43. The normalized spacial score (nSPS) is 11.6. The molecule has 2 heteroatoms. The van der Waals surface area contributed by atoms with Crippen molar-refractivity contribution in [3.05, 3.63) is 81.6 Å². The standard InChI is InChI=1S/C24H24S2/c1-5-18-13-17(4)21(15-23(18)25)14-19(6-2)24-22(11-12-26-24)20-9-7-16(3)8-10-20/h5,7-15,25H,1,6H2,2-4H3/b19-14+. The van der Waals surface area contributed by atoms with Crippen LogP contribution >= 0.6 is 24.0 Å². The van der Waals surface area contributed by atoms with Gasteiger partial charge in [-0.2, -0.15) is 0 Å². The minimum atomic E-state index is 0.970. The number of benzene rings is 2. The summed E-state index contributed by atoms with van der Waals surface area (Å²) in [7, 11) is 0. The molecule has 0 aliphatic heterocycles. The summed E-state index contributed by atoms with van der Waals surface area (Å²) in [5, 5.41) is 2.19. The predicted molar refractivity (Wildman–Crippen MR) is 121 cm³/mol. The van der Waals surface area contributed by atoms with E-state index in [1.165, 1.54) is 38.3 Å². The number of rotatable bonds is 5. The molecule has 0 spiro atoms. The first kappa shape index (κ1) is 18.8. The Morgan fingerprint density at radius 2 is 1.81 bits per heavy atom. The van der Waals surface area contributed by atoms with Crippen LogP contribution in [0.5, 0.6) is 0 Å². The molecular weight excluding hydrogens is 352 g/mol. The number of allylic oxidation sites excluding steroid dienone is 1. The molecule has 1 heterocycles. The summed E-state index contributed by atoms with van der Waals surface area (Å²) < 4.78 is 0. The molecule has 132 valence electrons. The minimum absolute atomic E-state index is 0.970. The van der Waals surface area contributed by atoms with E-state index in [9.17, 15) is 0 Å². The van der Waals surface area contributed by atoms with E-state index < -0.39 is 0 Å². The summed E-state index contributed by atoms with van der Waals surface area (Å²) in [6.45, 7) is 10.4. The third-order valence-electron chi connectivity index (χ3n) is 4.67. The van der Waals surface area contributed by atoms with E-state index in [0.29, 0.717) is 0 Å². The molecule has 0 nitrogen and oxygen atoms in total. The van der Waals surface area contributed by atoms with E-state index in [0.717, 1.165) is 16.9 Å². The van der Waals surface area contributed by atoms with Crippen molar-refractivity contribution in [1.29, 1.82) is 0 Å². The van der Waals surface area contributed by atoms with Gasteiger partial charge in [0, 0.05) is 9.77 Å². The average molecular weight is 377 g/mol. The van der Waals surface area contributed by atoms with Crippen LogP contribution in [-0.4, -0.2) is 0 Å². The van der Waals surface area contributed by atoms with Gasteiger partial charge in [0.25, 0.3) is 0 Å². The first-order valence-electron chi connectivity index (χ1n) is 8.85. The van der Waals surface area contributed by atoms with Crippen LogP contribution < -0.4 is 0 Å². The average Bonchev–Trinajstić information content (AvgIpc) is 3.12. The number of hydrogen-bond acceptors (Lipinski definition) is 2. The van der Waals surface area contributed by atoms with Gasteiger partial charge in [-0.1, -0.05) is 61.5 Å². The van der Waals surface area contributed by atoms with Crippen LogP contribution in [0.1, 0.15) is 40.5 Å². The summed E-state index contributed by atoms with van der Waals surface area (Å²) in [5.41, 5.74) is 8.79. The second-order valence-corrected chi connectivity index (χ2v) is 7.92. The topological polar surface area (TPSA) is 0 Å². The van der Waals surface area contributed by atoms with Crippen LogP contribution in [-0.2, 0) is 0 Å². The number of thiophene rings is 1. The second kappa shape index (κ2) is 8.11. The van der Waals surface area contributed by atoms with Gasteiger partial charge < -0.3 is 0 Å². The maximum Gasteiger partial charge on any atom is 0.0380 e. The Morgan fingerprint density at radius 3 is 2.46 bits per heavy atom. The lowest BCUT2D eigenvalue weighted by Gasteiger charge is -2.11. The molecule has 0 aliphatic carbocycles. The fourth-order valence-corrected chi connectivity index (χ4v) is 4.39. The van der Waals surface area contributed by atoms with Gasteiger partial charge in [-0.25, -0.2) is 0 Å². The maximum absolute atomic E-state index is 4.61. The Hall–Kier alpha value is -2.03. The molecule has 3 aromatic rings. The molecule has 3 rings (SSSR count). The maximum atomic E-state index is 4.61. The summed E-state index contributed by atoms with van der Waals surface area (Å²) in [4.78, 5) is 2.32. The van der Waals surface area contributed by atoms with Crippen molar-refractivity contribution in [2.45, 2.75) is 32.1 Å². The van der Waals surface area contributed by atoms with E-state index in [-0.39, 0.29) is 0 Å². The molecule has 0 unspecified atom stereocenters. The first-order chi connectivity index (χ1) is 12.5. The Labute approximate surface area is 166 Å². The van der Waals surface area contributed by atoms with Crippen molar-refractivity contribution in [1.82, 2.24) is 0 Å². The summed E-state index contributed by atoms with van der Waals surface area (Å²) in [5.74, 6) is 0. The molecule has 2 aromatic carbocycles. The zero-order valence-corrected chi connectivity index (χ0v) is 17.3. The molecule has 0 aliphatic rings. The largest absolute Gasteiger partial charge is 0.144 e. The quantitative estimate of drug-likeness (QED) is 0.430. The molecule has 0 bridgehead atoms.